The first-order valence-electron chi connectivity index (χ1n) is 8.54. The highest BCUT2D eigenvalue weighted by Gasteiger charge is 2.43. The number of carboxylic acid groups (broad SMARTS) is 1. The first-order chi connectivity index (χ1) is 12.5. The highest BCUT2D eigenvalue weighted by Crippen LogP contribution is 2.37. The van der Waals surface area contributed by atoms with Crippen LogP contribution in [0.5, 0.6) is 5.75 Å². The van der Waals surface area contributed by atoms with E-state index in [1.54, 1.807) is 24.3 Å². The summed E-state index contributed by atoms with van der Waals surface area (Å²) >= 11 is 0. The quantitative estimate of drug-likeness (QED) is 0.771. The number of morpholine rings is 1. The number of likely N-dealkylation sites (tertiary alicyclic amines) is 1. The van der Waals surface area contributed by atoms with Gasteiger partial charge in [-0.1, -0.05) is 18.2 Å². The van der Waals surface area contributed by atoms with Crippen LogP contribution in [0.15, 0.2) is 24.3 Å². The van der Waals surface area contributed by atoms with Crippen LogP contribution in [-0.4, -0.2) is 79.2 Å². The molecule has 2 atom stereocenters. The van der Waals surface area contributed by atoms with E-state index in [0.717, 1.165) is 5.56 Å². The largest absolute Gasteiger partial charge is 0.496 e. The highest BCUT2D eigenvalue weighted by molar-refractivity contribution is 6.35. The smallest absolute Gasteiger partial charge is 0.312 e. The number of para-hydroxylation sites is 1. The molecule has 1 aromatic rings. The van der Waals surface area contributed by atoms with E-state index >= 15 is 0 Å². The molecule has 2 aliphatic rings. The predicted octanol–water partition coefficient (Wildman–Crippen LogP) is 0.181. The second-order valence-electron chi connectivity index (χ2n) is 6.41. The van der Waals surface area contributed by atoms with E-state index in [-0.39, 0.29) is 13.1 Å². The summed E-state index contributed by atoms with van der Waals surface area (Å²) in [4.78, 5) is 39.6. The number of methoxy groups -OCH3 is 1. The Labute approximate surface area is 151 Å². The van der Waals surface area contributed by atoms with Crippen LogP contribution in [0.25, 0.3) is 0 Å². The Bertz CT molecular complexity index is 701. The Hall–Kier alpha value is -2.61. The van der Waals surface area contributed by atoms with Crippen LogP contribution in [0.2, 0.25) is 0 Å². The van der Waals surface area contributed by atoms with Crippen LogP contribution in [0, 0.1) is 5.92 Å². The third-order valence-electron chi connectivity index (χ3n) is 4.94. The van der Waals surface area contributed by atoms with Crippen molar-refractivity contribution < 1.29 is 29.0 Å². The second kappa shape index (κ2) is 7.74. The van der Waals surface area contributed by atoms with Gasteiger partial charge in [-0.05, 0) is 11.6 Å². The molecule has 8 heteroatoms. The lowest BCUT2D eigenvalue weighted by molar-refractivity contribution is -0.153. The van der Waals surface area contributed by atoms with E-state index in [0.29, 0.717) is 32.1 Å². The van der Waals surface area contributed by atoms with Gasteiger partial charge in [0.1, 0.15) is 5.75 Å². The molecule has 0 aliphatic carbocycles. The predicted molar refractivity (Wildman–Crippen MR) is 90.8 cm³/mol. The molecule has 26 heavy (non-hydrogen) atoms. The molecular weight excluding hydrogens is 340 g/mol. The van der Waals surface area contributed by atoms with Gasteiger partial charge in [0.05, 0.1) is 26.2 Å². The van der Waals surface area contributed by atoms with E-state index < -0.39 is 29.6 Å². The number of nitrogens with zero attached hydrogens (tertiary/aromatic N) is 2. The molecule has 0 spiro atoms. The maximum Gasteiger partial charge on any atom is 0.312 e. The maximum absolute atomic E-state index is 12.6. The average molecular weight is 362 g/mol. The minimum atomic E-state index is -0.991. The number of benzene rings is 1. The molecule has 2 fully saturated rings. The monoisotopic (exact) mass is 362 g/mol. The fraction of sp³-hybridized carbons (Fsp3) is 0.500. The molecule has 2 heterocycles. The number of hydrogen-bond acceptors (Lipinski definition) is 5. The molecule has 0 radical (unpaired) electrons. The fourth-order valence-electron chi connectivity index (χ4n) is 3.54. The summed E-state index contributed by atoms with van der Waals surface area (Å²) < 4.78 is 10.5. The Morgan fingerprint density at radius 2 is 1.73 bits per heavy atom. The number of aliphatic carboxylic acids is 1. The molecule has 0 bridgehead atoms. The average Bonchev–Trinajstić information content (AvgIpc) is 3.13. The molecule has 1 aromatic carbocycles. The van der Waals surface area contributed by atoms with Gasteiger partial charge in [-0.15, -0.1) is 0 Å². The van der Waals surface area contributed by atoms with Crippen molar-refractivity contribution in [3.05, 3.63) is 29.8 Å². The maximum atomic E-state index is 12.6. The third kappa shape index (κ3) is 3.50. The molecule has 0 unspecified atom stereocenters. The standard InChI is InChI=1S/C18H22N2O6/c1-25-15-5-3-2-4-12(15)13-10-20(11-14(13)18(23)24)17(22)16(21)19-6-8-26-9-7-19/h2-5,13-14H,6-11H2,1H3,(H,23,24)/t13-,14+/m0/s1. The van der Waals surface area contributed by atoms with E-state index in [2.05, 4.69) is 0 Å². The molecule has 3 rings (SSSR count). The van der Waals surface area contributed by atoms with Crippen LogP contribution in [-0.2, 0) is 19.1 Å². The Morgan fingerprint density at radius 1 is 1.08 bits per heavy atom. The third-order valence-corrected chi connectivity index (χ3v) is 4.94. The molecule has 0 aromatic heterocycles. The van der Waals surface area contributed by atoms with Crippen LogP contribution >= 0.6 is 0 Å². The minimum absolute atomic E-state index is 0.00691. The zero-order valence-corrected chi connectivity index (χ0v) is 14.6. The van der Waals surface area contributed by atoms with Crippen molar-refractivity contribution in [2.45, 2.75) is 5.92 Å². The molecule has 1 N–H and O–H groups in total. The summed E-state index contributed by atoms with van der Waals surface area (Å²) in [6, 6.07) is 7.17. The number of carbonyl (C=O) groups excluding carboxylic acids is 2. The van der Waals surface area contributed by atoms with Gasteiger partial charge >= 0.3 is 17.8 Å². The van der Waals surface area contributed by atoms with Crippen LogP contribution in [0.3, 0.4) is 0 Å². The van der Waals surface area contributed by atoms with Gasteiger partial charge in [-0.2, -0.15) is 0 Å². The van der Waals surface area contributed by atoms with Crippen molar-refractivity contribution in [1.82, 2.24) is 9.80 Å². The normalized spacial score (nSPS) is 23.0. The van der Waals surface area contributed by atoms with Gasteiger partial charge < -0.3 is 24.4 Å². The second-order valence-corrected chi connectivity index (χ2v) is 6.41. The Balaban J connectivity index is 1.79. The molecule has 2 saturated heterocycles. The van der Waals surface area contributed by atoms with Crippen LogP contribution in [0.4, 0.5) is 0 Å². The van der Waals surface area contributed by atoms with Gasteiger partial charge in [0.15, 0.2) is 0 Å². The highest BCUT2D eigenvalue weighted by atomic mass is 16.5. The van der Waals surface area contributed by atoms with E-state index in [9.17, 15) is 19.5 Å². The summed E-state index contributed by atoms with van der Waals surface area (Å²) in [6.45, 7) is 1.73. The number of carbonyl (C=O) groups is 3. The van der Waals surface area contributed by atoms with Crippen LogP contribution in [0.1, 0.15) is 11.5 Å². The lowest BCUT2D eigenvalue weighted by Gasteiger charge is -2.28. The fourth-order valence-corrected chi connectivity index (χ4v) is 3.54. The van der Waals surface area contributed by atoms with Gasteiger partial charge in [-0.25, -0.2) is 0 Å². The topological polar surface area (TPSA) is 96.4 Å². The number of amides is 2. The van der Waals surface area contributed by atoms with Crippen molar-refractivity contribution in [3.8, 4) is 5.75 Å². The molecule has 2 aliphatic heterocycles. The first-order valence-corrected chi connectivity index (χ1v) is 8.54. The SMILES string of the molecule is COc1ccccc1[C@@H]1CN(C(=O)C(=O)N2CCOCC2)C[C@H]1C(=O)O. The lowest BCUT2D eigenvalue weighted by atomic mass is 9.88. The Morgan fingerprint density at radius 3 is 2.38 bits per heavy atom. The number of rotatable bonds is 3. The zero-order valence-electron chi connectivity index (χ0n) is 14.6. The number of ether oxygens (including phenoxy) is 2. The summed E-state index contributed by atoms with van der Waals surface area (Å²) in [7, 11) is 1.52. The summed E-state index contributed by atoms with van der Waals surface area (Å²) in [5, 5.41) is 9.60. The van der Waals surface area contributed by atoms with Crippen molar-refractivity contribution in [3.63, 3.8) is 0 Å². The number of hydrogen-bond donors (Lipinski definition) is 1. The molecule has 140 valence electrons. The van der Waals surface area contributed by atoms with Crippen molar-refractivity contribution >= 4 is 17.8 Å². The first kappa shape index (κ1) is 18.2. The van der Waals surface area contributed by atoms with E-state index in [1.807, 2.05) is 0 Å². The number of carboxylic acids is 1. The molecule has 2 amide bonds. The van der Waals surface area contributed by atoms with E-state index in [1.165, 1.54) is 16.9 Å². The van der Waals surface area contributed by atoms with Gasteiger partial charge in [0.2, 0.25) is 0 Å². The minimum Gasteiger partial charge on any atom is -0.496 e. The molecule has 0 saturated carbocycles. The summed E-state index contributed by atoms with van der Waals surface area (Å²) in [6.07, 6.45) is 0. The van der Waals surface area contributed by atoms with Crippen molar-refractivity contribution in [1.29, 1.82) is 0 Å². The van der Waals surface area contributed by atoms with Gasteiger partial charge in [0, 0.05) is 32.1 Å². The zero-order chi connectivity index (χ0) is 18.7. The van der Waals surface area contributed by atoms with Crippen molar-refractivity contribution in [2.24, 2.45) is 5.92 Å². The van der Waals surface area contributed by atoms with E-state index in [4.69, 9.17) is 9.47 Å². The Kier molecular flexibility index (Phi) is 5.41. The van der Waals surface area contributed by atoms with Crippen LogP contribution < -0.4 is 4.74 Å². The van der Waals surface area contributed by atoms with Gasteiger partial charge in [-0.3, -0.25) is 14.4 Å². The summed E-state index contributed by atoms with van der Waals surface area (Å²) in [5.74, 6) is -2.88. The van der Waals surface area contributed by atoms with Gasteiger partial charge in [0.25, 0.3) is 0 Å². The molecule has 8 nitrogen and oxygen atoms in total. The van der Waals surface area contributed by atoms with Crippen molar-refractivity contribution in [2.75, 3.05) is 46.5 Å². The lowest BCUT2D eigenvalue weighted by Crippen LogP contribution is -2.48. The summed E-state index contributed by atoms with van der Waals surface area (Å²) in [5.41, 5.74) is 0.733. The molecular formula is C18H22N2O6.